The van der Waals surface area contributed by atoms with Gasteiger partial charge in [0.1, 0.15) is 19.0 Å². The minimum atomic E-state index is -0.313. The second-order valence-corrected chi connectivity index (χ2v) is 8.10. The number of hydrogen-bond donors (Lipinski definition) is 1. The van der Waals surface area contributed by atoms with E-state index in [1.165, 1.54) is 0 Å². The molecule has 1 aromatic heterocycles. The second-order valence-electron chi connectivity index (χ2n) is 8.10. The molecule has 0 bridgehead atoms. The molecule has 0 amide bonds. The predicted molar refractivity (Wildman–Crippen MR) is 124 cm³/mol. The molecule has 0 saturated heterocycles. The Morgan fingerprint density at radius 3 is 2.91 bits per heavy atom. The zero-order valence-electron chi connectivity index (χ0n) is 18.6. The van der Waals surface area contributed by atoms with Crippen molar-refractivity contribution in [2.45, 2.75) is 25.5 Å². The van der Waals surface area contributed by atoms with Gasteiger partial charge in [-0.3, -0.25) is 4.57 Å². The molecule has 0 saturated carbocycles. The van der Waals surface area contributed by atoms with Crippen molar-refractivity contribution in [2.24, 2.45) is 0 Å². The monoisotopic (exact) mass is 449 g/mol. The average Bonchev–Trinajstić information content (AvgIpc) is 2.85. The molecule has 0 fully saturated rings. The molecule has 0 spiro atoms. The van der Waals surface area contributed by atoms with E-state index < -0.39 is 0 Å². The number of para-hydroxylation sites is 2. The lowest BCUT2D eigenvalue weighted by atomic mass is 9.97. The minimum Gasteiger partial charge on any atom is -0.494 e. The van der Waals surface area contributed by atoms with Crippen molar-refractivity contribution >= 4 is 0 Å². The van der Waals surface area contributed by atoms with E-state index in [2.05, 4.69) is 16.4 Å². The highest BCUT2D eigenvalue weighted by molar-refractivity contribution is 5.67. The normalized spacial score (nSPS) is 16.0. The summed E-state index contributed by atoms with van der Waals surface area (Å²) in [5, 5.41) is 3.12. The van der Waals surface area contributed by atoms with Crippen LogP contribution in [-0.4, -0.2) is 49.1 Å². The van der Waals surface area contributed by atoms with Crippen LogP contribution in [-0.2, 0) is 13.0 Å². The molecule has 2 aliphatic rings. The Bertz CT molecular complexity index is 1190. The van der Waals surface area contributed by atoms with Crippen molar-refractivity contribution in [2.75, 3.05) is 33.4 Å². The smallest absolute Gasteiger partial charge is 0.351 e. The van der Waals surface area contributed by atoms with Gasteiger partial charge in [0, 0.05) is 18.2 Å². The molecule has 1 unspecified atom stereocenters. The fourth-order valence-corrected chi connectivity index (χ4v) is 4.11. The molecule has 2 aromatic carbocycles. The standard InChI is InChI=1S/C25H27N3O5/c1-26-10-4-12-30-18-7-8-20-17(13-18)9-11-28-21(20)14-24(27-25(28)29)32-16-19-15-31-22-5-2-3-6-23(22)33-19/h2-3,5-8,13-14,19,26H,4,9-12,15-16H2,1H3. The third-order valence-electron chi connectivity index (χ3n) is 5.77. The van der Waals surface area contributed by atoms with E-state index in [-0.39, 0.29) is 24.3 Å². The lowest BCUT2D eigenvalue weighted by molar-refractivity contribution is 0.0520. The molecule has 33 heavy (non-hydrogen) atoms. The topological polar surface area (TPSA) is 83.8 Å². The molecule has 172 valence electrons. The molecular weight excluding hydrogens is 422 g/mol. The molecular formula is C25H27N3O5. The van der Waals surface area contributed by atoms with Gasteiger partial charge < -0.3 is 24.3 Å². The number of aryl methyl sites for hydroxylation is 1. The second kappa shape index (κ2) is 9.54. The summed E-state index contributed by atoms with van der Waals surface area (Å²) in [6, 6.07) is 15.4. The van der Waals surface area contributed by atoms with Gasteiger partial charge in [-0.15, -0.1) is 0 Å². The fraction of sp³-hybridized carbons (Fsp3) is 0.360. The molecule has 8 nitrogen and oxygen atoms in total. The predicted octanol–water partition coefficient (Wildman–Crippen LogP) is 2.67. The van der Waals surface area contributed by atoms with Gasteiger partial charge in [0.15, 0.2) is 17.6 Å². The maximum Gasteiger partial charge on any atom is 0.351 e. The number of nitrogens with one attached hydrogen (secondary N) is 1. The molecule has 5 rings (SSSR count). The van der Waals surface area contributed by atoms with Gasteiger partial charge in [-0.1, -0.05) is 12.1 Å². The van der Waals surface area contributed by atoms with Gasteiger partial charge in [0.2, 0.25) is 5.88 Å². The third-order valence-corrected chi connectivity index (χ3v) is 5.77. The minimum absolute atomic E-state index is 0.233. The number of nitrogens with zero attached hydrogens (tertiary/aromatic N) is 2. The van der Waals surface area contributed by atoms with Gasteiger partial charge in [-0.2, -0.15) is 4.98 Å². The van der Waals surface area contributed by atoms with Gasteiger partial charge in [-0.25, -0.2) is 4.79 Å². The Morgan fingerprint density at radius 2 is 2.03 bits per heavy atom. The first-order valence-electron chi connectivity index (χ1n) is 11.2. The Hall–Kier alpha value is -3.52. The number of rotatable bonds is 8. The molecule has 8 heteroatoms. The number of hydrogen-bond acceptors (Lipinski definition) is 7. The Balaban J connectivity index is 1.30. The summed E-state index contributed by atoms with van der Waals surface area (Å²) in [6.45, 7) is 2.77. The zero-order chi connectivity index (χ0) is 22.6. The SMILES string of the molecule is CNCCCOc1ccc2c(c1)CCn1c-2cc(OCC2COc3ccccc3O2)nc1=O. The van der Waals surface area contributed by atoms with Crippen molar-refractivity contribution in [3.63, 3.8) is 0 Å². The first-order chi connectivity index (χ1) is 16.2. The van der Waals surface area contributed by atoms with E-state index >= 15 is 0 Å². The van der Waals surface area contributed by atoms with E-state index in [4.69, 9.17) is 18.9 Å². The summed E-state index contributed by atoms with van der Waals surface area (Å²) < 4.78 is 25.1. The van der Waals surface area contributed by atoms with E-state index in [9.17, 15) is 4.79 Å². The number of benzene rings is 2. The van der Waals surface area contributed by atoms with E-state index in [1.54, 1.807) is 4.57 Å². The fourth-order valence-electron chi connectivity index (χ4n) is 4.11. The van der Waals surface area contributed by atoms with Crippen molar-refractivity contribution in [3.8, 4) is 34.4 Å². The molecule has 1 N–H and O–H groups in total. The van der Waals surface area contributed by atoms with Crippen LogP contribution in [0.4, 0.5) is 0 Å². The largest absolute Gasteiger partial charge is 0.494 e. The number of aromatic nitrogens is 2. The highest BCUT2D eigenvalue weighted by Gasteiger charge is 2.23. The Morgan fingerprint density at radius 1 is 1.15 bits per heavy atom. The van der Waals surface area contributed by atoms with Crippen LogP contribution in [0.2, 0.25) is 0 Å². The maximum atomic E-state index is 12.7. The number of ether oxygens (including phenoxy) is 4. The van der Waals surface area contributed by atoms with E-state index in [0.29, 0.717) is 25.5 Å². The molecule has 0 aliphatic carbocycles. The van der Waals surface area contributed by atoms with Crippen LogP contribution in [0.25, 0.3) is 11.3 Å². The molecule has 0 radical (unpaired) electrons. The van der Waals surface area contributed by atoms with Crippen molar-refractivity contribution in [1.29, 1.82) is 0 Å². The zero-order valence-corrected chi connectivity index (χ0v) is 18.6. The van der Waals surface area contributed by atoms with Crippen LogP contribution in [0.1, 0.15) is 12.0 Å². The van der Waals surface area contributed by atoms with E-state index in [0.717, 1.165) is 47.7 Å². The molecule has 3 heterocycles. The summed E-state index contributed by atoms with van der Waals surface area (Å²) >= 11 is 0. The van der Waals surface area contributed by atoms with Gasteiger partial charge >= 0.3 is 5.69 Å². The lowest BCUT2D eigenvalue weighted by Crippen LogP contribution is -2.35. The molecule has 2 aliphatic heterocycles. The summed E-state index contributed by atoms with van der Waals surface area (Å²) in [5.74, 6) is 2.55. The van der Waals surface area contributed by atoms with Crippen molar-refractivity contribution < 1.29 is 18.9 Å². The van der Waals surface area contributed by atoms with Crippen LogP contribution in [0.3, 0.4) is 0 Å². The molecule has 1 atom stereocenters. The van der Waals surface area contributed by atoms with Crippen molar-refractivity contribution in [1.82, 2.24) is 14.9 Å². The highest BCUT2D eigenvalue weighted by atomic mass is 16.6. The van der Waals surface area contributed by atoms with Gasteiger partial charge in [0.25, 0.3) is 0 Å². The van der Waals surface area contributed by atoms with Crippen LogP contribution in [0, 0.1) is 0 Å². The summed E-state index contributed by atoms with van der Waals surface area (Å²) in [7, 11) is 1.93. The summed E-state index contributed by atoms with van der Waals surface area (Å²) in [6.07, 6.45) is 1.42. The summed E-state index contributed by atoms with van der Waals surface area (Å²) in [5.41, 5.74) is 2.64. The highest BCUT2D eigenvalue weighted by Crippen LogP contribution is 2.33. The summed E-state index contributed by atoms with van der Waals surface area (Å²) in [4.78, 5) is 16.8. The van der Waals surface area contributed by atoms with Crippen LogP contribution < -0.4 is 30.0 Å². The van der Waals surface area contributed by atoms with Gasteiger partial charge in [0.05, 0.1) is 12.3 Å². The van der Waals surface area contributed by atoms with Crippen LogP contribution in [0.15, 0.2) is 53.3 Å². The van der Waals surface area contributed by atoms with Crippen molar-refractivity contribution in [3.05, 3.63) is 64.6 Å². The van der Waals surface area contributed by atoms with E-state index in [1.807, 2.05) is 49.5 Å². The van der Waals surface area contributed by atoms with Gasteiger partial charge in [-0.05, 0) is 62.3 Å². The van der Waals surface area contributed by atoms with Crippen LogP contribution >= 0.6 is 0 Å². The maximum absolute atomic E-state index is 12.7. The molecule has 3 aromatic rings. The Kier molecular flexibility index (Phi) is 6.17. The first kappa shape index (κ1) is 21.3. The third kappa shape index (κ3) is 4.66. The lowest BCUT2D eigenvalue weighted by Gasteiger charge is -2.26. The quantitative estimate of drug-likeness (QED) is 0.530. The first-order valence-corrected chi connectivity index (χ1v) is 11.2. The Labute approximate surface area is 192 Å². The van der Waals surface area contributed by atoms with Crippen LogP contribution in [0.5, 0.6) is 23.1 Å². The average molecular weight is 450 g/mol. The number of fused-ring (bicyclic) bond motifs is 4.